The maximum atomic E-state index is 12.5. The summed E-state index contributed by atoms with van der Waals surface area (Å²) in [4.78, 5) is 24.5. The van der Waals surface area contributed by atoms with E-state index in [9.17, 15) is 19.8 Å². The molecule has 1 amide bonds. The lowest BCUT2D eigenvalue weighted by atomic mass is 10.0. The summed E-state index contributed by atoms with van der Waals surface area (Å²) in [6.07, 6.45) is 66.0. The van der Waals surface area contributed by atoms with Crippen molar-refractivity contribution in [1.29, 1.82) is 0 Å². The van der Waals surface area contributed by atoms with Crippen molar-refractivity contribution in [1.82, 2.24) is 5.32 Å². The van der Waals surface area contributed by atoms with E-state index >= 15 is 0 Å². The zero-order valence-electron chi connectivity index (χ0n) is 43.7. The molecule has 6 heteroatoms. The van der Waals surface area contributed by atoms with Crippen molar-refractivity contribution >= 4 is 11.9 Å². The van der Waals surface area contributed by atoms with Gasteiger partial charge in [0.05, 0.1) is 25.4 Å². The summed E-state index contributed by atoms with van der Waals surface area (Å²) in [7, 11) is 0. The fraction of sp³-hybridized carbons (Fsp3) is 0.898. The van der Waals surface area contributed by atoms with Crippen LogP contribution in [0.5, 0.6) is 0 Å². The van der Waals surface area contributed by atoms with Crippen molar-refractivity contribution in [3.05, 3.63) is 24.3 Å². The van der Waals surface area contributed by atoms with E-state index in [0.29, 0.717) is 25.9 Å². The fourth-order valence-corrected chi connectivity index (χ4v) is 8.97. The molecule has 0 aliphatic heterocycles. The molecule has 0 bridgehead atoms. The standard InChI is InChI=1S/C59H113NO5/c1-3-5-7-9-11-13-15-16-17-18-19-20-22-25-28-32-35-39-43-47-51-57(62)56(55-61)60-58(63)52-48-44-40-36-33-29-26-23-21-24-27-30-34-38-42-46-50-54-65-59(64)53-49-45-41-37-31-14-12-10-8-6-4-2/h10,12,21,24,56-57,61-62H,3-9,11,13-20,22-23,25-55H2,1-2H3,(H,60,63)/b12-10-,24-21-. The fourth-order valence-electron chi connectivity index (χ4n) is 8.97. The lowest BCUT2D eigenvalue weighted by molar-refractivity contribution is -0.143. The maximum absolute atomic E-state index is 12.5. The Bertz CT molecular complexity index is 1010. The molecule has 0 aliphatic rings. The van der Waals surface area contributed by atoms with Gasteiger partial charge in [-0.15, -0.1) is 0 Å². The van der Waals surface area contributed by atoms with Crippen LogP contribution in [0.25, 0.3) is 0 Å². The summed E-state index contributed by atoms with van der Waals surface area (Å²) in [6.45, 7) is 4.91. The molecular weight excluding hydrogens is 803 g/mol. The topological polar surface area (TPSA) is 95.9 Å². The van der Waals surface area contributed by atoms with Crippen molar-refractivity contribution in [2.75, 3.05) is 13.2 Å². The Morgan fingerprint density at radius 2 is 0.738 bits per heavy atom. The van der Waals surface area contributed by atoms with E-state index in [2.05, 4.69) is 43.5 Å². The molecule has 0 radical (unpaired) electrons. The first-order valence-corrected chi connectivity index (χ1v) is 29.1. The lowest BCUT2D eigenvalue weighted by Crippen LogP contribution is -2.45. The van der Waals surface area contributed by atoms with Crippen molar-refractivity contribution in [2.45, 2.75) is 328 Å². The van der Waals surface area contributed by atoms with E-state index in [1.165, 1.54) is 225 Å². The van der Waals surface area contributed by atoms with Gasteiger partial charge in [0, 0.05) is 12.8 Å². The quantitative estimate of drug-likeness (QED) is 0.0321. The number of nitrogens with one attached hydrogen (secondary N) is 1. The number of unbranched alkanes of at least 4 members (excludes halogenated alkanes) is 39. The molecule has 0 saturated heterocycles. The SMILES string of the molecule is CCCC/C=C\CCCCCCCC(=O)OCCCCCCCC/C=C\CCCCCCCCCC(=O)NC(CO)C(O)CCCCCCCCCCCCCCCCCCCCCC. The lowest BCUT2D eigenvalue weighted by Gasteiger charge is -2.22. The molecule has 0 aromatic heterocycles. The maximum Gasteiger partial charge on any atom is 0.305 e. The van der Waals surface area contributed by atoms with Gasteiger partial charge >= 0.3 is 5.97 Å². The van der Waals surface area contributed by atoms with Crippen LogP contribution in [-0.2, 0) is 14.3 Å². The molecule has 384 valence electrons. The minimum absolute atomic E-state index is 0.0126. The van der Waals surface area contributed by atoms with Gasteiger partial charge in [-0.25, -0.2) is 0 Å². The van der Waals surface area contributed by atoms with Gasteiger partial charge in [-0.2, -0.15) is 0 Å². The van der Waals surface area contributed by atoms with Crippen molar-refractivity contribution in [2.24, 2.45) is 0 Å². The van der Waals surface area contributed by atoms with Crippen LogP contribution in [0.4, 0.5) is 0 Å². The Labute approximate surface area is 405 Å². The van der Waals surface area contributed by atoms with Gasteiger partial charge in [0.1, 0.15) is 0 Å². The third kappa shape index (κ3) is 51.6. The van der Waals surface area contributed by atoms with Gasteiger partial charge < -0.3 is 20.3 Å². The summed E-state index contributed by atoms with van der Waals surface area (Å²) in [6, 6.07) is -0.551. The largest absolute Gasteiger partial charge is 0.466 e. The number of esters is 1. The number of aliphatic hydroxyl groups excluding tert-OH is 2. The minimum Gasteiger partial charge on any atom is -0.466 e. The first-order valence-electron chi connectivity index (χ1n) is 29.1. The number of amides is 1. The third-order valence-corrected chi connectivity index (χ3v) is 13.5. The van der Waals surface area contributed by atoms with Crippen LogP contribution >= 0.6 is 0 Å². The Morgan fingerprint density at radius 3 is 1.14 bits per heavy atom. The Morgan fingerprint density at radius 1 is 0.415 bits per heavy atom. The van der Waals surface area contributed by atoms with E-state index in [1.54, 1.807) is 0 Å². The van der Waals surface area contributed by atoms with Crippen molar-refractivity contribution in [3.63, 3.8) is 0 Å². The predicted octanol–water partition coefficient (Wildman–Crippen LogP) is 17.9. The van der Waals surface area contributed by atoms with Gasteiger partial charge in [-0.1, -0.05) is 256 Å². The first kappa shape index (κ1) is 63.3. The number of ether oxygens (including phenoxy) is 1. The van der Waals surface area contributed by atoms with Crippen LogP contribution in [-0.4, -0.2) is 47.4 Å². The van der Waals surface area contributed by atoms with Gasteiger partial charge in [0.25, 0.3) is 0 Å². The molecule has 0 aromatic rings. The monoisotopic (exact) mass is 916 g/mol. The summed E-state index contributed by atoms with van der Waals surface area (Å²) < 4.78 is 5.44. The van der Waals surface area contributed by atoms with E-state index < -0.39 is 12.1 Å². The second kappa shape index (κ2) is 54.9. The second-order valence-corrected chi connectivity index (χ2v) is 20.0. The number of carbonyl (C=O) groups excluding carboxylic acids is 2. The highest BCUT2D eigenvalue weighted by Crippen LogP contribution is 2.17. The number of allylic oxidation sites excluding steroid dienone is 4. The average Bonchev–Trinajstić information content (AvgIpc) is 3.31. The smallest absolute Gasteiger partial charge is 0.305 e. The van der Waals surface area contributed by atoms with E-state index in [-0.39, 0.29) is 18.5 Å². The highest BCUT2D eigenvalue weighted by Gasteiger charge is 2.20. The molecule has 0 fully saturated rings. The van der Waals surface area contributed by atoms with Gasteiger partial charge in [0.15, 0.2) is 0 Å². The van der Waals surface area contributed by atoms with Crippen LogP contribution in [0, 0.1) is 0 Å². The minimum atomic E-state index is -0.673. The molecular formula is C59H113NO5. The molecule has 6 nitrogen and oxygen atoms in total. The predicted molar refractivity (Wildman–Crippen MR) is 283 cm³/mol. The van der Waals surface area contributed by atoms with Gasteiger partial charge in [-0.3, -0.25) is 9.59 Å². The molecule has 0 saturated carbocycles. The molecule has 2 atom stereocenters. The van der Waals surface area contributed by atoms with Gasteiger partial charge in [-0.05, 0) is 70.6 Å². The van der Waals surface area contributed by atoms with Crippen LogP contribution in [0.15, 0.2) is 24.3 Å². The van der Waals surface area contributed by atoms with Crippen LogP contribution in [0.3, 0.4) is 0 Å². The van der Waals surface area contributed by atoms with E-state index in [4.69, 9.17) is 4.74 Å². The third-order valence-electron chi connectivity index (χ3n) is 13.5. The van der Waals surface area contributed by atoms with Crippen LogP contribution in [0.2, 0.25) is 0 Å². The number of hydrogen-bond donors (Lipinski definition) is 3. The highest BCUT2D eigenvalue weighted by atomic mass is 16.5. The molecule has 2 unspecified atom stereocenters. The summed E-state index contributed by atoms with van der Waals surface area (Å²) in [5, 5.41) is 23.3. The Kier molecular flexibility index (Phi) is 53.5. The summed E-state index contributed by atoms with van der Waals surface area (Å²) >= 11 is 0. The number of carbonyl (C=O) groups is 2. The number of hydrogen-bond acceptors (Lipinski definition) is 5. The van der Waals surface area contributed by atoms with Crippen LogP contribution < -0.4 is 5.32 Å². The second-order valence-electron chi connectivity index (χ2n) is 20.0. The summed E-state index contributed by atoms with van der Waals surface area (Å²) in [5.41, 5.74) is 0. The highest BCUT2D eigenvalue weighted by molar-refractivity contribution is 5.76. The van der Waals surface area contributed by atoms with Gasteiger partial charge in [0.2, 0.25) is 5.91 Å². The molecule has 0 aliphatic carbocycles. The van der Waals surface area contributed by atoms with E-state index in [0.717, 1.165) is 57.8 Å². The molecule has 0 aromatic carbocycles. The first-order chi connectivity index (χ1) is 32.0. The average molecular weight is 917 g/mol. The van der Waals surface area contributed by atoms with Crippen molar-refractivity contribution in [3.8, 4) is 0 Å². The normalized spacial score (nSPS) is 12.7. The molecule has 0 spiro atoms. The molecule has 0 rings (SSSR count). The zero-order chi connectivity index (χ0) is 47.2. The number of rotatable bonds is 54. The molecule has 3 N–H and O–H groups in total. The number of aliphatic hydroxyl groups is 2. The van der Waals surface area contributed by atoms with Crippen LogP contribution in [0.1, 0.15) is 316 Å². The Hall–Kier alpha value is -1.66. The summed E-state index contributed by atoms with van der Waals surface area (Å²) in [5.74, 6) is -0.0573. The molecule has 65 heavy (non-hydrogen) atoms. The van der Waals surface area contributed by atoms with Crippen molar-refractivity contribution < 1.29 is 24.5 Å². The van der Waals surface area contributed by atoms with E-state index in [1.807, 2.05) is 0 Å². The molecule has 0 heterocycles. The zero-order valence-corrected chi connectivity index (χ0v) is 43.7. The Balaban J connectivity index is 3.47.